The number of rotatable bonds is 4. The van der Waals surface area contributed by atoms with Crippen LogP contribution in [0.3, 0.4) is 0 Å². The van der Waals surface area contributed by atoms with Crippen LogP contribution < -0.4 is 9.47 Å². The number of ketones is 1. The summed E-state index contributed by atoms with van der Waals surface area (Å²) in [6.45, 7) is 5.34. The molecule has 0 atom stereocenters. The summed E-state index contributed by atoms with van der Waals surface area (Å²) in [6, 6.07) is 3.47. The summed E-state index contributed by atoms with van der Waals surface area (Å²) in [6.07, 6.45) is 0.783. The first-order valence-electron chi connectivity index (χ1n) is 6.89. The molecule has 0 saturated carbocycles. The second kappa shape index (κ2) is 5.76. The lowest BCUT2D eigenvalue weighted by atomic mass is 9.90. The fourth-order valence-electron chi connectivity index (χ4n) is 2.46. The Morgan fingerprint density at radius 1 is 1.38 bits per heavy atom. The molecule has 2 rings (SSSR count). The Labute approximate surface area is 124 Å². The third kappa shape index (κ3) is 3.35. The van der Waals surface area contributed by atoms with Gasteiger partial charge in [-0.05, 0) is 26.0 Å². The second-order valence-corrected chi connectivity index (χ2v) is 5.67. The number of hydrogen-bond donors (Lipinski definition) is 0. The van der Waals surface area contributed by atoms with E-state index in [2.05, 4.69) is 0 Å². The Morgan fingerprint density at radius 3 is 2.71 bits per heavy atom. The maximum atomic E-state index is 12.2. The summed E-state index contributed by atoms with van der Waals surface area (Å²) in [4.78, 5) is 23.1. The second-order valence-electron chi connectivity index (χ2n) is 5.67. The van der Waals surface area contributed by atoms with Crippen molar-refractivity contribution in [1.29, 1.82) is 0 Å². The summed E-state index contributed by atoms with van der Waals surface area (Å²) in [5.41, 5.74) is 0.775. The lowest BCUT2D eigenvalue weighted by Crippen LogP contribution is -2.36. The van der Waals surface area contributed by atoms with Crippen LogP contribution in [0.4, 0.5) is 0 Å². The van der Waals surface area contributed by atoms with Crippen molar-refractivity contribution >= 4 is 11.8 Å². The van der Waals surface area contributed by atoms with Crippen LogP contribution in [0.25, 0.3) is 0 Å². The third-order valence-electron chi connectivity index (χ3n) is 3.36. The van der Waals surface area contributed by atoms with Gasteiger partial charge >= 0.3 is 5.97 Å². The average molecular weight is 292 g/mol. The van der Waals surface area contributed by atoms with E-state index < -0.39 is 5.60 Å². The monoisotopic (exact) mass is 292 g/mol. The molecule has 0 amide bonds. The smallest absolute Gasteiger partial charge is 0.302 e. The molecule has 1 aromatic rings. The molecule has 0 fully saturated rings. The number of hydrogen-bond acceptors (Lipinski definition) is 5. The van der Waals surface area contributed by atoms with Crippen molar-refractivity contribution in [1.82, 2.24) is 0 Å². The minimum Gasteiger partial charge on any atom is -0.496 e. The third-order valence-corrected chi connectivity index (χ3v) is 3.36. The van der Waals surface area contributed by atoms with Gasteiger partial charge in [-0.25, -0.2) is 0 Å². The van der Waals surface area contributed by atoms with Gasteiger partial charge < -0.3 is 14.2 Å². The summed E-state index contributed by atoms with van der Waals surface area (Å²) in [7, 11) is 1.56. The minimum atomic E-state index is -0.549. The quantitative estimate of drug-likeness (QED) is 0.798. The summed E-state index contributed by atoms with van der Waals surface area (Å²) in [5.74, 6) is 0.892. The maximum Gasteiger partial charge on any atom is 0.302 e. The van der Waals surface area contributed by atoms with Crippen LogP contribution in [-0.2, 0) is 16.0 Å². The number of Topliss-reactive ketones (excluding diaryl/α,β-unsaturated/α-hetero) is 1. The highest BCUT2D eigenvalue weighted by molar-refractivity contribution is 6.01. The molecule has 5 heteroatoms. The van der Waals surface area contributed by atoms with E-state index in [1.807, 2.05) is 13.8 Å². The van der Waals surface area contributed by atoms with E-state index in [1.54, 1.807) is 19.2 Å². The lowest BCUT2D eigenvalue weighted by molar-refractivity contribution is -0.140. The summed E-state index contributed by atoms with van der Waals surface area (Å²) >= 11 is 0. The molecule has 0 aromatic heterocycles. The molecule has 1 heterocycles. The average Bonchev–Trinajstić information content (AvgIpc) is 2.37. The van der Waals surface area contributed by atoms with E-state index in [-0.39, 0.29) is 18.4 Å². The number of esters is 1. The van der Waals surface area contributed by atoms with Crippen molar-refractivity contribution in [2.45, 2.75) is 39.2 Å². The number of methoxy groups -OCH3 is 1. The van der Waals surface area contributed by atoms with Crippen LogP contribution >= 0.6 is 0 Å². The lowest BCUT2D eigenvalue weighted by Gasteiger charge is -2.33. The van der Waals surface area contributed by atoms with Gasteiger partial charge in [-0.1, -0.05) is 0 Å². The Bertz CT molecular complexity index is 574. The minimum absolute atomic E-state index is 0.0534. The number of benzene rings is 1. The predicted octanol–water partition coefficient (Wildman–Crippen LogP) is 2.54. The highest BCUT2D eigenvalue weighted by atomic mass is 16.5. The normalized spacial score (nSPS) is 15.9. The van der Waals surface area contributed by atoms with Gasteiger partial charge in [0, 0.05) is 18.9 Å². The predicted molar refractivity (Wildman–Crippen MR) is 77.0 cm³/mol. The standard InChI is InChI=1S/C16H20O5/c1-10(17)20-8-7-12-14(19-4)6-5-11-13(18)9-16(2,3)21-15(11)12/h5-6H,7-9H2,1-4H3. The fraction of sp³-hybridized carbons (Fsp3) is 0.500. The molecule has 0 radical (unpaired) electrons. The van der Waals surface area contributed by atoms with E-state index >= 15 is 0 Å². The van der Waals surface area contributed by atoms with E-state index in [0.717, 1.165) is 5.56 Å². The summed E-state index contributed by atoms with van der Waals surface area (Å²) in [5, 5.41) is 0. The van der Waals surface area contributed by atoms with Crippen molar-refractivity contribution in [3.05, 3.63) is 23.3 Å². The van der Waals surface area contributed by atoms with Crippen molar-refractivity contribution in [3.63, 3.8) is 0 Å². The maximum absolute atomic E-state index is 12.2. The zero-order chi connectivity index (χ0) is 15.6. The molecule has 0 aliphatic carbocycles. The molecule has 5 nitrogen and oxygen atoms in total. The molecule has 114 valence electrons. The van der Waals surface area contributed by atoms with Crippen molar-refractivity contribution in [3.8, 4) is 11.5 Å². The highest BCUT2D eigenvalue weighted by Crippen LogP contribution is 2.40. The SMILES string of the molecule is COc1ccc2c(c1CCOC(C)=O)OC(C)(C)CC2=O. The van der Waals surface area contributed by atoms with Crippen molar-refractivity contribution < 1.29 is 23.8 Å². The van der Waals surface area contributed by atoms with Crippen LogP contribution in [0.15, 0.2) is 12.1 Å². The molecule has 1 aliphatic heterocycles. The van der Waals surface area contributed by atoms with E-state index in [1.165, 1.54) is 6.92 Å². The van der Waals surface area contributed by atoms with E-state index in [0.29, 0.717) is 29.9 Å². The first-order chi connectivity index (χ1) is 9.84. The van der Waals surface area contributed by atoms with E-state index in [9.17, 15) is 9.59 Å². The van der Waals surface area contributed by atoms with Gasteiger partial charge in [0.05, 0.1) is 25.7 Å². The van der Waals surface area contributed by atoms with Gasteiger partial charge in [-0.15, -0.1) is 0 Å². The number of fused-ring (bicyclic) bond motifs is 1. The topological polar surface area (TPSA) is 61.8 Å². The van der Waals surface area contributed by atoms with Crippen molar-refractivity contribution in [2.24, 2.45) is 0 Å². The zero-order valence-electron chi connectivity index (χ0n) is 12.8. The first kappa shape index (κ1) is 15.4. The molecule has 0 spiro atoms. The molecule has 0 N–H and O–H groups in total. The molecule has 1 aromatic carbocycles. The Morgan fingerprint density at radius 2 is 2.10 bits per heavy atom. The summed E-state index contributed by atoms with van der Waals surface area (Å²) < 4.78 is 16.3. The number of ether oxygens (including phenoxy) is 3. The largest absolute Gasteiger partial charge is 0.496 e. The number of carbonyl (C=O) groups is 2. The van der Waals surface area contributed by atoms with Crippen molar-refractivity contribution in [2.75, 3.05) is 13.7 Å². The van der Waals surface area contributed by atoms with Gasteiger partial charge in [0.2, 0.25) is 0 Å². The molecule has 0 saturated heterocycles. The number of carbonyl (C=O) groups excluding carboxylic acids is 2. The Balaban J connectivity index is 2.39. The van der Waals surface area contributed by atoms with E-state index in [4.69, 9.17) is 14.2 Å². The van der Waals surface area contributed by atoms with Crippen LogP contribution in [-0.4, -0.2) is 31.1 Å². The van der Waals surface area contributed by atoms with Gasteiger partial charge in [0.15, 0.2) is 5.78 Å². The zero-order valence-corrected chi connectivity index (χ0v) is 12.8. The fourth-order valence-corrected chi connectivity index (χ4v) is 2.46. The molecule has 0 unspecified atom stereocenters. The van der Waals surface area contributed by atoms with Crippen LogP contribution in [0.5, 0.6) is 11.5 Å². The van der Waals surface area contributed by atoms with Gasteiger partial charge in [0.25, 0.3) is 0 Å². The Kier molecular flexibility index (Phi) is 4.21. The molecule has 21 heavy (non-hydrogen) atoms. The van der Waals surface area contributed by atoms with Crippen LogP contribution in [0.2, 0.25) is 0 Å². The molecular formula is C16H20O5. The van der Waals surface area contributed by atoms with Crippen LogP contribution in [0, 0.1) is 0 Å². The molecular weight excluding hydrogens is 272 g/mol. The highest BCUT2D eigenvalue weighted by Gasteiger charge is 2.34. The van der Waals surface area contributed by atoms with Gasteiger partial charge in [0.1, 0.15) is 17.1 Å². The first-order valence-corrected chi connectivity index (χ1v) is 6.89. The molecule has 0 bridgehead atoms. The van der Waals surface area contributed by atoms with Crippen LogP contribution in [0.1, 0.15) is 43.1 Å². The molecule has 1 aliphatic rings. The van der Waals surface area contributed by atoms with Gasteiger partial charge in [-0.2, -0.15) is 0 Å². The van der Waals surface area contributed by atoms with Gasteiger partial charge in [-0.3, -0.25) is 9.59 Å². The Hall–Kier alpha value is -2.04.